The van der Waals surface area contributed by atoms with Crippen LogP contribution in [0, 0.1) is 0 Å². The molecule has 19 heavy (non-hydrogen) atoms. The Morgan fingerprint density at radius 2 is 2.21 bits per heavy atom. The maximum absolute atomic E-state index is 10.5. The van der Waals surface area contributed by atoms with E-state index in [1.807, 2.05) is 37.3 Å². The topological polar surface area (TPSA) is 58.9 Å². The largest absolute Gasteiger partial charge is 0.383 e. The highest BCUT2D eigenvalue weighted by atomic mass is 32.1. The molecule has 0 spiro atoms. The molecule has 2 aromatic heterocycles. The molecule has 0 saturated carbocycles. The van der Waals surface area contributed by atoms with Crippen LogP contribution < -0.4 is 0 Å². The number of nitrogens with zero attached hydrogens (tertiary/aromatic N) is 3. The van der Waals surface area contributed by atoms with Gasteiger partial charge in [-0.15, -0.1) is 5.10 Å². The zero-order valence-corrected chi connectivity index (χ0v) is 11.3. The molecular formula is C14H13N3OS. The minimum atomic E-state index is -0.667. The van der Waals surface area contributed by atoms with Crippen molar-refractivity contribution >= 4 is 22.4 Å². The second-order valence-electron chi connectivity index (χ2n) is 4.30. The van der Waals surface area contributed by atoms with E-state index < -0.39 is 6.10 Å². The second kappa shape index (κ2) is 5.03. The molecule has 1 atom stereocenters. The Hall–Kier alpha value is -1.85. The van der Waals surface area contributed by atoms with E-state index in [9.17, 15) is 5.11 Å². The van der Waals surface area contributed by atoms with E-state index in [-0.39, 0.29) is 0 Å². The van der Waals surface area contributed by atoms with Crippen molar-refractivity contribution in [3.63, 3.8) is 0 Å². The fourth-order valence-electron chi connectivity index (χ4n) is 2.08. The number of fused-ring (bicyclic) bond motifs is 1. The zero-order valence-electron chi connectivity index (χ0n) is 10.4. The van der Waals surface area contributed by atoms with E-state index in [0.717, 1.165) is 33.5 Å². The second-order valence-corrected chi connectivity index (χ2v) is 5.08. The van der Waals surface area contributed by atoms with Crippen LogP contribution in [0.5, 0.6) is 0 Å². The van der Waals surface area contributed by atoms with Gasteiger partial charge in [0.25, 0.3) is 0 Å². The van der Waals surface area contributed by atoms with E-state index in [4.69, 9.17) is 0 Å². The lowest BCUT2D eigenvalue weighted by molar-refractivity contribution is 0.223. The van der Waals surface area contributed by atoms with Gasteiger partial charge in [-0.05, 0) is 41.7 Å². The quantitative estimate of drug-likeness (QED) is 0.795. The minimum Gasteiger partial charge on any atom is -0.383 e. The first-order valence-corrected chi connectivity index (χ1v) is 6.91. The molecule has 0 aliphatic rings. The number of hydrogen-bond donors (Lipinski definition) is 1. The van der Waals surface area contributed by atoms with Gasteiger partial charge in [-0.1, -0.05) is 23.5 Å². The van der Waals surface area contributed by atoms with E-state index in [0.29, 0.717) is 0 Å². The summed E-state index contributed by atoms with van der Waals surface area (Å²) < 4.78 is 3.92. The van der Waals surface area contributed by atoms with E-state index in [1.165, 1.54) is 11.5 Å². The van der Waals surface area contributed by atoms with Crippen molar-refractivity contribution in [2.75, 3.05) is 0 Å². The summed E-state index contributed by atoms with van der Waals surface area (Å²) in [6.45, 7) is 2.01. The molecule has 1 unspecified atom stereocenters. The van der Waals surface area contributed by atoms with Crippen molar-refractivity contribution in [3.05, 3.63) is 52.7 Å². The Labute approximate surface area is 114 Å². The van der Waals surface area contributed by atoms with Gasteiger partial charge in [0.2, 0.25) is 0 Å². The summed E-state index contributed by atoms with van der Waals surface area (Å²) >= 11 is 1.26. The molecule has 0 aliphatic heterocycles. The summed E-state index contributed by atoms with van der Waals surface area (Å²) in [6.07, 6.45) is 1.87. The standard InChI is InChI=1S/C14H13N3OS/c1-2-11-14(19-17-16-11)13(18)10-5-6-12-9(8-10)4-3-7-15-12/h3-8,13,18H,2H2,1H3. The molecule has 0 fully saturated rings. The molecule has 0 bridgehead atoms. The molecule has 3 aromatic rings. The molecular weight excluding hydrogens is 258 g/mol. The first-order valence-electron chi connectivity index (χ1n) is 6.13. The molecule has 0 aliphatic carbocycles. The Morgan fingerprint density at radius 1 is 1.32 bits per heavy atom. The number of aromatic nitrogens is 3. The van der Waals surface area contributed by atoms with Crippen LogP contribution in [-0.4, -0.2) is 19.7 Å². The number of pyridine rings is 1. The Kier molecular flexibility index (Phi) is 3.23. The van der Waals surface area contributed by atoms with Gasteiger partial charge in [-0.3, -0.25) is 4.98 Å². The third kappa shape index (κ3) is 2.22. The van der Waals surface area contributed by atoms with Gasteiger partial charge >= 0.3 is 0 Å². The number of hydrogen-bond acceptors (Lipinski definition) is 5. The maximum Gasteiger partial charge on any atom is 0.117 e. The van der Waals surface area contributed by atoms with Crippen LogP contribution in [0.25, 0.3) is 10.9 Å². The van der Waals surface area contributed by atoms with E-state index >= 15 is 0 Å². The van der Waals surface area contributed by atoms with E-state index in [2.05, 4.69) is 14.6 Å². The lowest BCUT2D eigenvalue weighted by Gasteiger charge is -2.10. The maximum atomic E-state index is 10.5. The van der Waals surface area contributed by atoms with Gasteiger partial charge in [0.05, 0.1) is 16.1 Å². The summed E-state index contributed by atoms with van der Waals surface area (Å²) in [5.41, 5.74) is 2.64. The van der Waals surface area contributed by atoms with Crippen LogP contribution in [0.4, 0.5) is 0 Å². The van der Waals surface area contributed by atoms with Gasteiger partial charge in [0.15, 0.2) is 0 Å². The lowest BCUT2D eigenvalue weighted by atomic mass is 10.0. The molecule has 5 heteroatoms. The number of aliphatic hydroxyl groups is 1. The average molecular weight is 271 g/mol. The Morgan fingerprint density at radius 3 is 3.05 bits per heavy atom. The fraction of sp³-hybridized carbons (Fsp3) is 0.214. The molecule has 2 heterocycles. The van der Waals surface area contributed by atoms with Gasteiger partial charge in [-0.2, -0.15) is 0 Å². The van der Waals surface area contributed by atoms with Crippen LogP contribution in [-0.2, 0) is 6.42 Å². The summed E-state index contributed by atoms with van der Waals surface area (Å²) in [5, 5.41) is 15.5. The van der Waals surface area contributed by atoms with Crippen molar-refractivity contribution in [1.29, 1.82) is 0 Å². The van der Waals surface area contributed by atoms with Gasteiger partial charge < -0.3 is 5.11 Å². The Bertz CT molecular complexity index is 710. The first-order chi connectivity index (χ1) is 9.29. The third-order valence-electron chi connectivity index (χ3n) is 3.11. The highest BCUT2D eigenvalue weighted by molar-refractivity contribution is 7.05. The van der Waals surface area contributed by atoms with Crippen molar-refractivity contribution in [1.82, 2.24) is 14.6 Å². The molecule has 0 amide bonds. The van der Waals surface area contributed by atoms with Crippen molar-refractivity contribution in [3.8, 4) is 0 Å². The van der Waals surface area contributed by atoms with Crippen molar-refractivity contribution in [2.45, 2.75) is 19.4 Å². The summed E-state index contributed by atoms with van der Waals surface area (Å²) in [5.74, 6) is 0. The summed E-state index contributed by atoms with van der Waals surface area (Å²) in [6, 6.07) is 9.67. The van der Waals surface area contributed by atoms with Crippen LogP contribution in [0.1, 0.15) is 29.2 Å². The monoisotopic (exact) mass is 271 g/mol. The number of rotatable bonds is 3. The molecule has 4 nitrogen and oxygen atoms in total. The van der Waals surface area contributed by atoms with Crippen LogP contribution in [0.3, 0.4) is 0 Å². The summed E-state index contributed by atoms with van der Waals surface area (Å²) in [4.78, 5) is 5.10. The molecule has 0 radical (unpaired) electrons. The SMILES string of the molecule is CCc1nnsc1C(O)c1ccc2ncccc2c1. The number of benzene rings is 1. The smallest absolute Gasteiger partial charge is 0.117 e. The normalized spacial score (nSPS) is 12.7. The molecule has 1 N–H and O–H groups in total. The lowest BCUT2D eigenvalue weighted by Crippen LogP contribution is -2.01. The number of aliphatic hydroxyl groups excluding tert-OH is 1. The minimum absolute atomic E-state index is 0.667. The van der Waals surface area contributed by atoms with Gasteiger partial charge in [0, 0.05) is 11.6 Å². The molecule has 96 valence electrons. The first kappa shape index (κ1) is 12.2. The van der Waals surface area contributed by atoms with E-state index in [1.54, 1.807) is 6.20 Å². The Balaban J connectivity index is 2.04. The third-order valence-corrected chi connectivity index (χ3v) is 3.93. The highest BCUT2D eigenvalue weighted by Crippen LogP contribution is 2.28. The fourth-order valence-corrected chi connectivity index (χ4v) is 2.84. The molecule has 0 saturated heterocycles. The average Bonchev–Trinajstić information content (AvgIpc) is 2.94. The highest BCUT2D eigenvalue weighted by Gasteiger charge is 2.18. The van der Waals surface area contributed by atoms with Crippen LogP contribution in [0.15, 0.2) is 36.5 Å². The zero-order chi connectivity index (χ0) is 13.2. The van der Waals surface area contributed by atoms with Crippen LogP contribution in [0.2, 0.25) is 0 Å². The summed E-state index contributed by atoms with van der Waals surface area (Å²) in [7, 11) is 0. The van der Waals surface area contributed by atoms with Crippen LogP contribution >= 0.6 is 11.5 Å². The molecule has 1 aromatic carbocycles. The van der Waals surface area contributed by atoms with Gasteiger partial charge in [-0.25, -0.2) is 0 Å². The van der Waals surface area contributed by atoms with Gasteiger partial charge in [0.1, 0.15) is 6.10 Å². The number of aryl methyl sites for hydroxylation is 1. The molecule has 3 rings (SSSR count). The predicted molar refractivity (Wildman–Crippen MR) is 75.1 cm³/mol. The predicted octanol–water partition coefficient (Wildman–Crippen LogP) is 2.73. The van der Waals surface area contributed by atoms with Crippen molar-refractivity contribution < 1.29 is 5.11 Å². The van der Waals surface area contributed by atoms with Crippen molar-refractivity contribution in [2.24, 2.45) is 0 Å².